The first-order chi connectivity index (χ1) is 15.6. The van der Waals surface area contributed by atoms with Gasteiger partial charge in [-0.1, -0.05) is 72.2 Å². The summed E-state index contributed by atoms with van der Waals surface area (Å²) in [6.07, 6.45) is 4.27. The number of nitrogens with zero attached hydrogens (tertiary/aromatic N) is 6. The van der Waals surface area contributed by atoms with E-state index in [9.17, 15) is 4.79 Å². The van der Waals surface area contributed by atoms with Crippen molar-refractivity contribution in [2.75, 3.05) is 24.5 Å². The number of fused-ring (bicyclic) bond motifs is 1. The van der Waals surface area contributed by atoms with Crippen LogP contribution in [0.4, 0.5) is 5.95 Å². The van der Waals surface area contributed by atoms with Gasteiger partial charge in [0.1, 0.15) is 12.6 Å². The van der Waals surface area contributed by atoms with Crippen LogP contribution in [0.2, 0.25) is 0 Å². The van der Waals surface area contributed by atoms with Crippen LogP contribution in [0.1, 0.15) is 42.5 Å². The van der Waals surface area contributed by atoms with Gasteiger partial charge in [-0.2, -0.15) is 4.68 Å². The third kappa shape index (κ3) is 3.90. The molecule has 1 aromatic heterocycles. The molecule has 2 aliphatic rings. The van der Waals surface area contributed by atoms with Gasteiger partial charge in [0.2, 0.25) is 5.91 Å². The van der Waals surface area contributed by atoms with Crippen molar-refractivity contribution in [2.45, 2.75) is 32.7 Å². The first kappa shape index (κ1) is 20.4. The maximum Gasteiger partial charge on any atom is 0.251 e. The highest BCUT2D eigenvalue weighted by molar-refractivity contribution is 5.89. The van der Waals surface area contributed by atoms with Crippen molar-refractivity contribution < 1.29 is 4.79 Å². The van der Waals surface area contributed by atoms with Gasteiger partial charge in [-0.05, 0) is 53.3 Å². The Morgan fingerprint density at radius 2 is 1.75 bits per heavy atom. The molecule has 1 saturated heterocycles. The van der Waals surface area contributed by atoms with Gasteiger partial charge < -0.3 is 4.90 Å². The summed E-state index contributed by atoms with van der Waals surface area (Å²) in [7, 11) is 0. The van der Waals surface area contributed by atoms with E-state index in [1.165, 1.54) is 5.56 Å². The number of hydrogen-bond donors (Lipinski definition) is 0. The van der Waals surface area contributed by atoms with Gasteiger partial charge >= 0.3 is 0 Å². The van der Waals surface area contributed by atoms with Crippen LogP contribution < -0.4 is 4.90 Å². The lowest BCUT2D eigenvalue weighted by atomic mass is 9.98. The molecule has 2 aliphatic heterocycles. The van der Waals surface area contributed by atoms with Crippen LogP contribution in [-0.4, -0.2) is 50.6 Å². The summed E-state index contributed by atoms with van der Waals surface area (Å²) in [4.78, 5) is 17.2. The van der Waals surface area contributed by atoms with Gasteiger partial charge in [0.25, 0.3) is 5.95 Å². The van der Waals surface area contributed by atoms with Crippen molar-refractivity contribution >= 4 is 17.6 Å². The third-order valence-electron chi connectivity index (χ3n) is 6.51. The molecule has 0 unspecified atom stereocenters. The van der Waals surface area contributed by atoms with Crippen LogP contribution in [0.15, 0.2) is 60.7 Å². The van der Waals surface area contributed by atoms with Crippen LogP contribution in [0.25, 0.3) is 5.70 Å². The van der Waals surface area contributed by atoms with Crippen LogP contribution >= 0.6 is 0 Å². The molecular formula is C25H28N6O. The standard InChI is InChI=1S/C25H28N6O/c1-18-8-10-21(11-9-18)23-16-22(20-6-4-3-5-7-20)30(25-26-27-28-31(23)25)17-24(32)29-14-12-19(2)13-15-29/h3-11,16,19,23H,12-15,17H2,1-2H3/t23-/m0/s1. The highest BCUT2D eigenvalue weighted by Gasteiger charge is 2.33. The average molecular weight is 429 g/mol. The predicted octanol–water partition coefficient (Wildman–Crippen LogP) is 3.69. The smallest absolute Gasteiger partial charge is 0.251 e. The molecule has 1 atom stereocenters. The minimum atomic E-state index is -0.141. The molecule has 0 radical (unpaired) electrons. The molecule has 164 valence electrons. The quantitative estimate of drug-likeness (QED) is 0.634. The number of carbonyl (C=O) groups is 1. The summed E-state index contributed by atoms with van der Waals surface area (Å²) in [5.74, 6) is 1.38. The lowest BCUT2D eigenvalue weighted by Crippen LogP contribution is -2.45. The number of rotatable bonds is 4. The predicted molar refractivity (Wildman–Crippen MR) is 124 cm³/mol. The number of aromatic nitrogens is 4. The lowest BCUT2D eigenvalue weighted by Gasteiger charge is -2.35. The molecule has 0 aliphatic carbocycles. The number of carbonyl (C=O) groups excluding carboxylic acids is 1. The van der Waals surface area contributed by atoms with Crippen molar-refractivity contribution in [3.05, 3.63) is 77.4 Å². The first-order valence-electron chi connectivity index (χ1n) is 11.3. The second kappa shape index (κ2) is 8.57. The van der Waals surface area contributed by atoms with E-state index in [-0.39, 0.29) is 18.5 Å². The monoisotopic (exact) mass is 428 g/mol. The molecule has 1 fully saturated rings. The summed E-state index contributed by atoms with van der Waals surface area (Å²) in [6, 6.07) is 18.4. The van der Waals surface area contributed by atoms with Crippen molar-refractivity contribution in [2.24, 2.45) is 5.92 Å². The number of benzene rings is 2. The number of tetrazole rings is 1. The summed E-state index contributed by atoms with van der Waals surface area (Å²) in [5, 5.41) is 12.6. The second-order valence-electron chi connectivity index (χ2n) is 8.85. The summed E-state index contributed by atoms with van der Waals surface area (Å²) >= 11 is 0. The molecule has 0 N–H and O–H groups in total. The van der Waals surface area contributed by atoms with E-state index in [1.807, 2.05) is 32.7 Å². The molecule has 3 heterocycles. The zero-order valence-electron chi connectivity index (χ0n) is 18.6. The van der Waals surface area contributed by atoms with E-state index in [1.54, 1.807) is 0 Å². The Bertz CT molecular complexity index is 1110. The Kier molecular flexibility index (Phi) is 5.47. The van der Waals surface area contributed by atoms with Gasteiger partial charge in [0, 0.05) is 13.1 Å². The number of allylic oxidation sites excluding steroid dienone is 1. The zero-order valence-corrected chi connectivity index (χ0v) is 18.6. The normalized spacial score (nSPS) is 18.9. The Hall–Kier alpha value is -3.48. The molecule has 0 saturated carbocycles. The molecule has 1 amide bonds. The third-order valence-corrected chi connectivity index (χ3v) is 6.51. The Morgan fingerprint density at radius 1 is 1.03 bits per heavy atom. The van der Waals surface area contributed by atoms with E-state index in [2.05, 4.69) is 71.8 Å². The van der Waals surface area contributed by atoms with E-state index < -0.39 is 0 Å². The molecule has 3 aromatic rings. The number of amides is 1. The number of anilines is 1. The van der Waals surface area contributed by atoms with Gasteiger partial charge in [0.15, 0.2) is 0 Å². The zero-order chi connectivity index (χ0) is 22.1. The van der Waals surface area contributed by atoms with E-state index in [4.69, 9.17) is 0 Å². The minimum absolute atomic E-state index is 0.113. The molecule has 7 heteroatoms. The van der Waals surface area contributed by atoms with Gasteiger partial charge in [-0.15, -0.1) is 0 Å². The molecule has 7 nitrogen and oxygen atoms in total. The van der Waals surface area contributed by atoms with Crippen molar-refractivity contribution in [3.63, 3.8) is 0 Å². The summed E-state index contributed by atoms with van der Waals surface area (Å²) in [5.41, 5.74) is 4.31. The molecular weight excluding hydrogens is 400 g/mol. The van der Waals surface area contributed by atoms with Crippen LogP contribution in [0.5, 0.6) is 0 Å². The molecule has 2 aromatic carbocycles. The van der Waals surface area contributed by atoms with Crippen molar-refractivity contribution in [1.82, 2.24) is 25.1 Å². The van der Waals surface area contributed by atoms with Gasteiger partial charge in [-0.3, -0.25) is 9.69 Å². The second-order valence-corrected chi connectivity index (χ2v) is 8.85. The number of hydrogen-bond acceptors (Lipinski definition) is 5. The Morgan fingerprint density at radius 3 is 2.47 bits per heavy atom. The number of piperidine rings is 1. The highest BCUT2D eigenvalue weighted by Crippen LogP contribution is 2.36. The summed E-state index contributed by atoms with van der Waals surface area (Å²) in [6.45, 7) is 6.18. The van der Waals surface area contributed by atoms with Gasteiger partial charge in [0.05, 0.1) is 5.70 Å². The van der Waals surface area contributed by atoms with E-state index in [0.717, 1.165) is 42.8 Å². The fourth-order valence-electron chi connectivity index (χ4n) is 4.48. The first-order valence-corrected chi connectivity index (χ1v) is 11.3. The number of likely N-dealkylation sites (tertiary alicyclic amines) is 1. The molecule has 32 heavy (non-hydrogen) atoms. The SMILES string of the molecule is Cc1ccc([C@@H]2C=C(c3ccccc3)N(CC(=O)N3CCC(C)CC3)c3nnnn32)cc1. The van der Waals surface area contributed by atoms with Crippen LogP contribution in [0.3, 0.4) is 0 Å². The maximum absolute atomic E-state index is 13.2. The van der Waals surface area contributed by atoms with Crippen LogP contribution in [0, 0.1) is 12.8 Å². The van der Waals surface area contributed by atoms with E-state index >= 15 is 0 Å². The molecule has 0 spiro atoms. The molecule has 0 bridgehead atoms. The van der Waals surface area contributed by atoms with E-state index in [0.29, 0.717) is 11.9 Å². The van der Waals surface area contributed by atoms with Crippen molar-refractivity contribution in [1.29, 1.82) is 0 Å². The highest BCUT2D eigenvalue weighted by atomic mass is 16.2. The van der Waals surface area contributed by atoms with Crippen molar-refractivity contribution in [3.8, 4) is 0 Å². The maximum atomic E-state index is 13.2. The summed E-state index contributed by atoms with van der Waals surface area (Å²) < 4.78 is 1.81. The largest absolute Gasteiger partial charge is 0.341 e. The molecule has 5 rings (SSSR count). The topological polar surface area (TPSA) is 67.2 Å². The average Bonchev–Trinajstić information content (AvgIpc) is 3.31. The van der Waals surface area contributed by atoms with Gasteiger partial charge in [-0.25, -0.2) is 0 Å². The Labute approximate surface area is 188 Å². The lowest BCUT2D eigenvalue weighted by molar-refractivity contribution is -0.130. The van der Waals surface area contributed by atoms with Crippen LogP contribution in [-0.2, 0) is 4.79 Å². The number of aryl methyl sites for hydroxylation is 1. The fourth-order valence-corrected chi connectivity index (χ4v) is 4.48. The minimum Gasteiger partial charge on any atom is -0.341 e. The Balaban J connectivity index is 1.53. The fraction of sp³-hybridized carbons (Fsp3) is 0.360.